The van der Waals surface area contributed by atoms with Gasteiger partial charge in [-0.3, -0.25) is 9.59 Å². The normalized spacial score (nSPS) is 17.0. The topological polar surface area (TPSA) is 52.7 Å². The molecule has 1 N–H and O–H groups in total. The molecule has 2 fully saturated rings. The molecule has 2 amide bonds. The van der Waals surface area contributed by atoms with Crippen LogP contribution in [0, 0.1) is 5.41 Å². The molecular weight excluding hydrogens is 494 g/mol. The molecule has 5 rings (SSSR count). The molecule has 2 aliphatic heterocycles. The molecule has 0 bridgehead atoms. The summed E-state index contributed by atoms with van der Waals surface area (Å²) in [6, 6.07) is 29.5. The Morgan fingerprint density at radius 1 is 0.842 bits per heavy atom. The van der Waals surface area contributed by atoms with Gasteiger partial charge in [-0.05, 0) is 74.1 Å². The first-order valence-corrected chi connectivity index (χ1v) is 13.5. The third kappa shape index (κ3) is 6.46. The van der Waals surface area contributed by atoms with Crippen LogP contribution in [0.5, 0.6) is 0 Å². The lowest BCUT2D eigenvalue weighted by Gasteiger charge is -2.38. The molecule has 3 aromatic carbocycles. The van der Waals surface area contributed by atoms with E-state index in [1.165, 1.54) is 18.1 Å². The molecule has 2 saturated heterocycles. The number of rotatable bonds is 8. The average Bonchev–Trinajstić information content (AvgIpc) is 3.22. The summed E-state index contributed by atoms with van der Waals surface area (Å²) < 4.78 is 0. The predicted octanol–water partition coefficient (Wildman–Crippen LogP) is 6.10. The van der Waals surface area contributed by atoms with Gasteiger partial charge in [0.15, 0.2) is 0 Å². The molecule has 0 saturated carbocycles. The Bertz CT molecular complexity index is 1150. The minimum absolute atomic E-state index is 0. The fraction of sp³-hybridized carbons (Fsp3) is 0.375. The van der Waals surface area contributed by atoms with Crippen LogP contribution < -0.4 is 5.32 Å². The highest BCUT2D eigenvalue weighted by Crippen LogP contribution is 2.42. The van der Waals surface area contributed by atoms with Gasteiger partial charge < -0.3 is 15.1 Å². The first-order chi connectivity index (χ1) is 18.0. The van der Waals surface area contributed by atoms with Crippen LogP contribution in [0.25, 0.3) is 0 Å². The molecule has 2 aliphatic rings. The van der Waals surface area contributed by atoms with Crippen molar-refractivity contribution < 1.29 is 9.59 Å². The Balaban J connectivity index is 0.00000336. The van der Waals surface area contributed by atoms with E-state index in [1.807, 2.05) is 29.2 Å². The summed E-state index contributed by atoms with van der Waals surface area (Å²) in [7, 11) is 0. The molecule has 38 heavy (non-hydrogen) atoms. The van der Waals surface area contributed by atoms with E-state index in [-0.39, 0.29) is 23.7 Å². The first kappa shape index (κ1) is 27.9. The maximum Gasteiger partial charge on any atom is 0.229 e. The zero-order valence-electron chi connectivity index (χ0n) is 22.1. The number of likely N-dealkylation sites (tertiary alicyclic amines) is 2. The van der Waals surface area contributed by atoms with Crippen molar-refractivity contribution >= 4 is 29.9 Å². The quantitative estimate of drug-likeness (QED) is 0.382. The maximum absolute atomic E-state index is 13.5. The van der Waals surface area contributed by atoms with Crippen molar-refractivity contribution in [2.24, 2.45) is 5.41 Å². The summed E-state index contributed by atoms with van der Waals surface area (Å²) in [5.74, 6) is 0.634. The SMILES string of the molecule is CC(=O)Nc1ccc(CN2CCC3(CCN(CCC(c4ccccc4)c4ccccc4)CC3)C2=O)cc1.Cl. The molecular formula is C32H38ClN3O2. The monoisotopic (exact) mass is 531 g/mol. The lowest BCUT2D eigenvalue weighted by molar-refractivity contribution is -0.138. The largest absolute Gasteiger partial charge is 0.338 e. The second-order valence-electron chi connectivity index (χ2n) is 10.6. The number of halogens is 1. The zero-order chi connectivity index (χ0) is 25.7. The highest BCUT2D eigenvalue weighted by Gasteiger charge is 2.47. The molecule has 0 aliphatic carbocycles. The molecule has 0 atom stereocenters. The van der Waals surface area contributed by atoms with Crippen LogP contribution in [0.2, 0.25) is 0 Å². The van der Waals surface area contributed by atoms with Crippen molar-refractivity contribution in [1.82, 2.24) is 9.80 Å². The molecule has 5 nitrogen and oxygen atoms in total. The molecule has 1 spiro atoms. The van der Waals surface area contributed by atoms with Crippen molar-refractivity contribution in [3.63, 3.8) is 0 Å². The van der Waals surface area contributed by atoms with Gasteiger partial charge in [-0.2, -0.15) is 0 Å². The summed E-state index contributed by atoms with van der Waals surface area (Å²) in [5.41, 5.74) is 4.44. The van der Waals surface area contributed by atoms with Gasteiger partial charge in [-0.25, -0.2) is 0 Å². The number of amides is 2. The fourth-order valence-electron chi connectivity index (χ4n) is 6.04. The smallest absolute Gasteiger partial charge is 0.229 e. The molecule has 200 valence electrons. The Kier molecular flexibility index (Phi) is 9.24. The number of benzene rings is 3. The summed E-state index contributed by atoms with van der Waals surface area (Å²) in [6.45, 7) is 6.00. The van der Waals surface area contributed by atoms with Gasteiger partial charge in [0, 0.05) is 31.6 Å². The van der Waals surface area contributed by atoms with Gasteiger partial charge in [0.25, 0.3) is 0 Å². The minimum atomic E-state index is -0.190. The Labute approximate surface area is 232 Å². The molecule has 2 heterocycles. The van der Waals surface area contributed by atoms with E-state index in [2.05, 4.69) is 70.9 Å². The van der Waals surface area contributed by atoms with E-state index in [4.69, 9.17) is 0 Å². The summed E-state index contributed by atoms with van der Waals surface area (Å²) in [6.07, 6.45) is 3.94. The Morgan fingerprint density at radius 3 is 1.95 bits per heavy atom. The summed E-state index contributed by atoms with van der Waals surface area (Å²) in [5, 5.41) is 2.80. The number of nitrogens with one attached hydrogen (secondary N) is 1. The van der Waals surface area contributed by atoms with Crippen LogP contribution in [0.15, 0.2) is 84.9 Å². The Morgan fingerprint density at radius 2 is 1.39 bits per heavy atom. The van der Waals surface area contributed by atoms with E-state index in [0.717, 1.165) is 63.1 Å². The highest BCUT2D eigenvalue weighted by atomic mass is 35.5. The van der Waals surface area contributed by atoms with Gasteiger partial charge in [0.2, 0.25) is 11.8 Å². The van der Waals surface area contributed by atoms with E-state index < -0.39 is 0 Å². The zero-order valence-corrected chi connectivity index (χ0v) is 23.0. The van der Waals surface area contributed by atoms with Crippen molar-refractivity contribution in [3.8, 4) is 0 Å². The third-order valence-corrected chi connectivity index (χ3v) is 8.20. The highest BCUT2D eigenvalue weighted by molar-refractivity contribution is 5.88. The van der Waals surface area contributed by atoms with Crippen molar-refractivity contribution in [2.75, 3.05) is 31.5 Å². The third-order valence-electron chi connectivity index (χ3n) is 8.20. The van der Waals surface area contributed by atoms with Crippen LogP contribution in [0.1, 0.15) is 55.2 Å². The molecule has 3 aromatic rings. The van der Waals surface area contributed by atoms with Crippen LogP contribution in [-0.2, 0) is 16.1 Å². The van der Waals surface area contributed by atoms with Crippen LogP contribution in [0.3, 0.4) is 0 Å². The average molecular weight is 532 g/mol. The predicted molar refractivity (Wildman–Crippen MR) is 155 cm³/mol. The first-order valence-electron chi connectivity index (χ1n) is 13.5. The number of nitrogens with zero attached hydrogens (tertiary/aromatic N) is 2. The molecule has 6 heteroatoms. The van der Waals surface area contributed by atoms with Crippen LogP contribution in [0.4, 0.5) is 5.69 Å². The van der Waals surface area contributed by atoms with Crippen molar-refractivity contribution in [2.45, 2.75) is 45.1 Å². The van der Waals surface area contributed by atoms with Crippen molar-refractivity contribution in [1.29, 1.82) is 0 Å². The van der Waals surface area contributed by atoms with Gasteiger partial charge in [0.1, 0.15) is 0 Å². The number of carbonyl (C=O) groups is 2. The van der Waals surface area contributed by atoms with Crippen molar-refractivity contribution in [3.05, 3.63) is 102 Å². The molecule has 0 aromatic heterocycles. The van der Waals surface area contributed by atoms with Gasteiger partial charge in [-0.15, -0.1) is 12.4 Å². The van der Waals surface area contributed by atoms with E-state index in [1.54, 1.807) is 0 Å². The number of anilines is 1. The van der Waals surface area contributed by atoms with Gasteiger partial charge in [0.05, 0.1) is 5.41 Å². The minimum Gasteiger partial charge on any atom is -0.338 e. The van der Waals surface area contributed by atoms with E-state index in [0.29, 0.717) is 18.4 Å². The standard InChI is InChI=1S/C32H37N3O2.ClH/c1-25(36)33-29-14-12-26(13-15-29)24-35-23-19-32(31(35)37)17-21-34(22-18-32)20-16-30(27-8-4-2-5-9-27)28-10-6-3-7-11-28;/h2-15,30H,16-24H2,1H3,(H,33,36);1H. The van der Waals surface area contributed by atoms with E-state index >= 15 is 0 Å². The number of piperidine rings is 1. The molecule has 0 unspecified atom stereocenters. The number of hydrogen-bond acceptors (Lipinski definition) is 3. The second kappa shape index (κ2) is 12.6. The van der Waals surface area contributed by atoms with Crippen LogP contribution >= 0.6 is 12.4 Å². The number of hydrogen-bond donors (Lipinski definition) is 1. The second-order valence-corrected chi connectivity index (χ2v) is 10.6. The van der Waals surface area contributed by atoms with Gasteiger partial charge in [-0.1, -0.05) is 72.8 Å². The fourth-order valence-corrected chi connectivity index (χ4v) is 6.04. The number of carbonyl (C=O) groups excluding carboxylic acids is 2. The molecule has 0 radical (unpaired) electrons. The summed E-state index contributed by atoms with van der Waals surface area (Å²) in [4.78, 5) is 29.3. The Hall–Kier alpha value is -3.15. The summed E-state index contributed by atoms with van der Waals surface area (Å²) >= 11 is 0. The van der Waals surface area contributed by atoms with E-state index in [9.17, 15) is 9.59 Å². The lowest BCUT2D eigenvalue weighted by Crippen LogP contribution is -2.45. The van der Waals surface area contributed by atoms with Gasteiger partial charge >= 0.3 is 0 Å². The maximum atomic E-state index is 13.5. The lowest BCUT2D eigenvalue weighted by atomic mass is 9.77. The van der Waals surface area contributed by atoms with Crippen LogP contribution in [-0.4, -0.2) is 47.8 Å².